The van der Waals surface area contributed by atoms with Crippen molar-refractivity contribution >= 4 is 18.4 Å². The van der Waals surface area contributed by atoms with Crippen LogP contribution in [-0.2, 0) is 19.1 Å². The van der Waals surface area contributed by atoms with Crippen LogP contribution < -0.4 is 10.2 Å². The normalized spacial score (nSPS) is 17.3. The van der Waals surface area contributed by atoms with Crippen molar-refractivity contribution in [2.45, 2.75) is 38.9 Å². The summed E-state index contributed by atoms with van der Waals surface area (Å²) in [7, 11) is 0. The van der Waals surface area contributed by atoms with Crippen LogP contribution in [0.2, 0.25) is 0 Å². The lowest BCUT2D eigenvalue weighted by Gasteiger charge is -2.30. The summed E-state index contributed by atoms with van der Waals surface area (Å²) in [5.41, 5.74) is 1.26. The van der Waals surface area contributed by atoms with Crippen LogP contribution in [0.3, 0.4) is 0 Å². The third-order valence-corrected chi connectivity index (χ3v) is 4.83. The van der Waals surface area contributed by atoms with E-state index in [2.05, 4.69) is 27.1 Å². The second kappa shape index (κ2) is 10.1. The van der Waals surface area contributed by atoms with Crippen molar-refractivity contribution in [3.05, 3.63) is 53.3 Å². The van der Waals surface area contributed by atoms with Gasteiger partial charge in [0.05, 0.1) is 5.56 Å². The number of hydrogen-bond donors (Lipinski definition) is 1. The topological polar surface area (TPSA) is 41.1 Å². The fourth-order valence-corrected chi connectivity index (χ4v) is 3.30. The molecule has 0 bridgehead atoms. The van der Waals surface area contributed by atoms with Crippen LogP contribution in [0.4, 0.5) is 19.1 Å². The van der Waals surface area contributed by atoms with Crippen molar-refractivity contribution in [2.24, 2.45) is 5.92 Å². The standard InChI is InChI=1S/C20H25F3N4.ClH/c1-15-3-2-10-27(14-15)19-25-12-17(13-26-19)11-24-9-8-16-4-6-18(7-5-16)20(21,22)23;/h4-7,12-13,15,24H,2-3,8-11,14H2,1H3;1H. The molecule has 28 heavy (non-hydrogen) atoms. The summed E-state index contributed by atoms with van der Waals surface area (Å²) in [5.74, 6) is 1.46. The van der Waals surface area contributed by atoms with E-state index in [4.69, 9.17) is 0 Å². The molecule has 1 aliphatic heterocycles. The Bertz CT molecular complexity index is 720. The first kappa shape index (κ1) is 22.4. The molecule has 2 aromatic rings. The van der Waals surface area contributed by atoms with Gasteiger partial charge in [-0.15, -0.1) is 12.4 Å². The molecule has 1 fully saturated rings. The number of anilines is 1. The molecule has 1 aliphatic rings. The van der Waals surface area contributed by atoms with Gasteiger partial charge in [0.2, 0.25) is 5.95 Å². The molecule has 3 rings (SSSR count). The molecular weight excluding hydrogens is 389 g/mol. The van der Waals surface area contributed by atoms with Crippen LogP contribution in [-0.4, -0.2) is 29.6 Å². The van der Waals surface area contributed by atoms with Crippen molar-refractivity contribution in [3.8, 4) is 0 Å². The van der Waals surface area contributed by atoms with Crippen LogP contribution in [0, 0.1) is 5.92 Å². The average Bonchev–Trinajstić information content (AvgIpc) is 2.65. The summed E-state index contributed by atoms with van der Waals surface area (Å²) in [6, 6.07) is 5.32. The third kappa shape index (κ3) is 6.34. The van der Waals surface area contributed by atoms with E-state index in [1.54, 1.807) is 0 Å². The predicted molar refractivity (Wildman–Crippen MR) is 107 cm³/mol. The van der Waals surface area contributed by atoms with E-state index in [0.29, 0.717) is 25.4 Å². The van der Waals surface area contributed by atoms with Gasteiger partial charge in [0.1, 0.15) is 0 Å². The number of benzene rings is 1. The summed E-state index contributed by atoms with van der Waals surface area (Å²) in [4.78, 5) is 11.2. The Hall–Kier alpha value is -1.86. The van der Waals surface area contributed by atoms with Crippen molar-refractivity contribution in [1.82, 2.24) is 15.3 Å². The Morgan fingerprint density at radius 1 is 1.11 bits per heavy atom. The molecule has 0 amide bonds. The van der Waals surface area contributed by atoms with Crippen molar-refractivity contribution < 1.29 is 13.2 Å². The summed E-state index contributed by atoms with van der Waals surface area (Å²) >= 11 is 0. The zero-order chi connectivity index (χ0) is 19.3. The molecule has 0 saturated carbocycles. The molecule has 1 saturated heterocycles. The Labute approximate surface area is 170 Å². The van der Waals surface area contributed by atoms with Crippen LogP contribution in [0.5, 0.6) is 0 Å². The Kier molecular flexibility index (Phi) is 8.07. The second-order valence-corrected chi connectivity index (χ2v) is 7.21. The van der Waals surface area contributed by atoms with E-state index >= 15 is 0 Å². The Morgan fingerprint density at radius 3 is 2.39 bits per heavy atom. The van der Waals surface area contributed by atoms with E-state index in [9.17, 15) is 13.2 Å². The number of nitrogens with zero attached hydrogens (tertiary/aromatic N) is 3. The van der Waals surface area contributed by atoms with Gasteiger partial charge in [-0.05, 0) is 49.4 Å². The lowest BCUT2D eigenvalue weighted by Crippen LogP contribution is -2.35. The van der Waals surface area contributed by atoms with E-state index in [0.717, 1.165) is 42.3 Å². The number of rotatable bonds is 6. The van der Waals surface area contributed by atoms with Gasteiger partial charge >= 0.3 is 6.18 Å². The first-order chi connectivity index (χ1) is 12.9. The SMILES string of the molecule is CC1CCCN(c2ncc(CNCCc3ccc(C(F)(F)F)cc3)cn2)C1.Cl. The lowest BCUT2D eigenvalue weighted by atomic mass is 10.0. The summed E-state index contributed by atoms with van der Waals surface area (Å²) < 4.78 is 37.7. The fourth-order valence-electron chi connectivity index (χ4n) is 3.30. The smallest absolute Gasteiger partial charge is 0.341 e. The molecule has 0 radical (unpaired) electrons. The minimum Gasteiger partial charge on any atom is -0.341 e. The van der Waals surface area contributed by atoms with Crippen LogP contribution in [0.1, 0.15) is 36.5 Å². The quantitative estimate of drug-likeness (QED) is 0.707. The van der Waals surface area contributed by atoms with E-state index in [-0.39, 0.29) is 12.4 Å². The van der Waals surface area contributed by atoms with Gasteiger partial charge in [0.15, 0.2) is 0 Å². The summed E-state index contributed by atoms with van der Waals surface area (Å²) in [6.07, 6.45) is 2.51. The number of alkyl halides is 3. The van der Waals surface area contributed by atoms with Gasteiger partial charge in [-0.3, -0.25) is 0 Å². The lowest BCUT2D eigenvalue weighted by molar-refractivity contribution is -0.137. The molecule has 1 aromatic carbocycles. The van der Waals surface area contributed by atoms with Gasteiger partial charge < -0.3 is 10.2 Å². The number of piperidine rings is 1. The first-order valence-corrected chi connectivity index (χ1v) is 9.34. The van der Waals surface area contributed by atoms with Crippen LogP contribution >= 0.6 is 12.4 Å². The number of halogens is 4. The largest absolute Gasteiger partial charge is 0.416 e. The molecule has 0 spiro atoms. The summed E-state index contributed by atoms with van der Waals surface area (Å²) in [6.45, 7) is 5.58. The molecule has 8 heteroatoms. The maximum Gasteiger partial charge on any atom is 0.416 e. The molecule has 0 aliphatic carbocycles. The van der Waals surface area contributed by atoms with Crippen molar-refractivity contribution in [3.63, 3.8) is 0 Å². The monoisotopic (exact) mass is 414 g/mol. The van der Waals surface area contributed by atoms with Gasteiger partial charge in [-0.25, -0.2) is 9.97 Å². The third-order valence-electron chi connectivity index (χ3n) is 4.83. The van der Waals surface area contributed by atoms with Gasteiger partial charge in [0, 0.05) is 37.6 Å². The molecule has 1 N–H and O–H groups in total. The summed E-state index contributed by atoms with van der Waals surface area (Å²) in [5, 5.41) is 3.29. The fraction of sp³-hybridized carbons (Fsp3) is 0.500. The second-order valence-electron chi connectivity index (χ2n) is 7.21. The molecule has 1 aromatic heterocycles. The first-order valence-electron chi connectivity index (χ1n) is 9.34. The highest BCUT2D eigenvalue weighted by Crippen LogP contribution is 2.29. The van der Waals surface area contributed by atoms with Crippen LogP contribution in [0.25, 0.3) is 0 Å². The van der Waals surface area contributed by atoms with E-state index < -0.39 is 11.7 Å². The van der Waals surface area contributed by atoms with Gasteiger partial charge in [-0.2, -0.15) is 13.2 Å². The van der Waals surface area contributed by atoms with Gasteiger partial charge in [-0.1, -0.05) is 19.1 Å². The molecular formula is C20H26ClF3N4. The average molecular weight is 415 g/mol. The Balaban J connectivity index is 0.00000280. The molecule has 1 unspecified atom stereocenters. The van der Waals surface area contributed by atoms with Gasteiger partial charge in [0.25, 0.3) is 0 Å². The maximum atomic E-state index is 12.6. The molecule has 154 valence electrons. The highest BCUT2D eigenvalue weighted by Gasteiger charge is 2.29. The highest BCUT2D eigenvalue weighted by atomic mass is 35.5. The minimum atomic E-state index is -4.28. The number of hydrogen-bond acceptors (Lipinski definition) is 4. The van der Waals surface area contributed by atoms with Crippen molar-refractivity contribution in [1.29, 1.82) is 0 Å². The number of nitrogens with one attached hydrogen (secondary N) is 1. The highest BCUT2D eigenvalue weighted by molar-refractivity contribution is 5.85. The zero-order valence-electron chi connectivity index (χ0n) is 15.9. The maximum absolute atomic E-state index is 12.6. The zero-order valence-corrected chi connectivity index (χ0v) is 16.7. The number of aromatic nitrogens is 2. The molecule has 1 atom stereocenters. The molecule has 4 nitrogen and oxygen atoms in total. The van der Waals surface area contributed by atoms with E-state index in [1.807, 2.05) is 12.4 Å². The van der Waals surface area contributed by atoms with Crippen molar-refractivity contribution in [2.75, 3.05) is 24.5 Å². The predicted octanol–water partition coefficient (Wildman–Crippen LogP) is 4.49. The molecule has 2 heterocycles. The van der Waals surface area contributed by atoms with E-state index in [1.165, 1.54) is 25.0 Å². The minimum absolute atomic E-state index is 0. The van der Waals surface area contributed by atoms with Crippen LogP contribution in [0.15, 0.2) is 36.7 Å². The Morgan fingerprint density at radius 2 is 1.79 bits per heavy atom.